The zero-order valence-electron chi connectivity index (χ0n) is 10.8. The molecule has 1 heterocycles. The van der Waals surface area contributed by atoms with E-state index in [1.54, 1.807) is 17.0 Å². The first-order chi connectivity index (χ1) is 9.40. The van der Waals surface area contributed by atoms with E-state index in [1.165, 1.54) is 18.2 Å². The quantitative estimate of drug-likeness (QED) is 0.936. The van der Waals surface area contributed by atoms with Crippen LogP contribution in [0.4, 0.5) is 19.0 Å². The van der Waals surface area contributed by atoms with E-state index in [-0.39, 0.29) is 5.75 Å². The number of nitrogens with two attached hydrogens (primary N) is 1. The van der Waals surface area contributed by atoms with Gasteiger partial charge in [0, 0.05) is 12.1 Å². The summed E-state index contributed by atoms with van der Waals surface area (Å²) in [5.41, 5.74) is 6.87. The van der Waals surface area contributed by atoms with Gasteiger partial charge in [0.2, 0.25) is 0 Å². The van der Waals surface area contributed by atoms with Gasteiger partial charge >= 0.3 is 6.36 Å². The summed E-state index contributed by atoms with van der Waals surface area (Å²) in [5.74, 6) is 0.135. The highest BCUT2D eigenvalue weighted by atomic mass is 19.4. The largest absolute Gasteiger partial charge is 0.573 e. The predicted octanol–water partition coefficient (Wildman–Crippen LogP) is 3.44. The van der Waals surface area contributed by atoms with Crippen LogP contribution in [0.1, 0.15) is 13.3 Å². The minimum absolute atomic E-state index is 0.292. The van der Waals surface area contributed by atoms with E-state index >= 15 is 0 Å². The summed E-state index contributed by atoms with van der Waals surface area (Å²) >= 11 is 0. The summed E-state index contributed by atoms with van der Waals surface area (Å²) < 4.78 is 42.2. The standard InChI is InChI=1S/C13H14F3N3O/c1-2-6-19-8-18-11(12(19)17)9-4-3-5-10(7-9)20-13(14,15)16/h3-5,7-8H,2,6,17H2,1H3. The number of hydrogen-bond acceptors (Lipinski definition) is 3. The Morgan fingerprint density at radius 1 is 1.35 bits per heavy atom. The first-order valence-corrected chi connectivity index (χ1v) is 6.07. The number of ether oxygens (including phenoxy) is 1. The van der Waals surface area contributed by atoms with Gasteiger partial charge in [-0.3, -0.25) is 0 Å². The Bertz CT molecular complexity index is 593. The summed E-state index contributed by atoms with van der Waals surface area (Å²) in [6, 6.07) is 5.60. The van der Waals surface area contributed by atoms with Gasteiger partial charge in [-0.05, 0) is 18.6 Å². The maximum atomic E-state index is 12.2. The lowest BCUT2D eigenvalue weighted by Crippen LogP contribution is -2.17. The van der Waals surface area contributed by atoms with E-state index in [1.807, 2.05) is 6.92 Å². The molecule has 2 aromatic rings. The maximum Gasteiger partial charge on any atom is 0.573 e. The normalized spacial score (nSPS) is 11.6. The smallest absolute Gasteiger partial charge is 0.406 e. The minimum atomic E-state index is -4.72. The molecule has 0 bridgehead atoms. The molecular formula is C13H14F3N3O. The van der Waals surface area contributed by atoms with Gasteiger partial charge in [0.1, 0.15) is 17.3 Å². The summed E-state index contributed by atoms with van der Waals surface area (Å²) in [6.07, 6.45) is -2.26. The molecule has 108 valence electrons. The Balaban J connectivity index is 2.31. The molecule has 7 heteroatoms. The van der Waals surface area contributed by atoms with E-state index < -0.39 is 6.36 Å². The number of halogens is 3. The highest BCUT2D eigenvalue weighted by Crippen LogP contribution is 2.30. The Morgan fingerprint density at radius 2 is 2.10 bits per heavy atom. The van der Waals surface area contributed by atoms with Gasteiger partial charge in [-0.2, -0.15) is 0 Å². The van der Waals surface area contributed by atoms with Crippen LogP contribution in [-0.2, 0) is 6.54 Å². The van der Waals surface area contributed by atoms with Crippen molar-refractivity contribution in [2.24, 2.45) is 0 Å². The maximum absolute atomic E-state index is 12.2. The van der Waals surface area contributed by atoms with E-state index in [0.29, 0.717) is 23.6 Å². The van der Waals surface area contributed by atoms with E-state index in [9.17, 15) is 13.2 Å². The second-order valence-corrected chi connectivity index (χ2v) is 4.25. The predicted molar refractivity (Wildman–Crippen MR) is 69.0 cm³/mol. The highest BCUT2D eigenvalue weighted by molar-refractivity contribution is 5.71. The third-order valence-electron chi connectivity index (χ3n) is 2.68. The fourth-order valence-electron chi connectivity index (χ4n) is 1.87. The molecular weight excluding hydrogens is 271 g/mol. The Hall–Kier alpha value is -2.18. The van der Waals surface area contributed by atoms with E-state index in [4.69, 9.17) is 5.73 Å². The Labute approximate surface area is 114 Å². The molecule has 0 saturated carbocycles. The first-order valence-electron chi connectivity index (χ1n) is 6.07. The molecule has 0 radical (unpaired) electrons. The molecule has 2 rings (SSSR count). The average molecular weight is 285 g/mol. The van der Waals surface area contributed by atoms with Gasteiger partial charge in [0.05, 0.1) is 6.33 Å². The number of alkyl halides is 3. The van der Waals surface area contributed by atoms with Crippen molar-refractivity contribution in [3.05, 3.63) is 30.6 Å². The van der Waals surface area contributed by atoms with Crippen molar-refractivity contribution < 1.29 is 17.9 Å². The van der Waals surface area contributed by atoms with Crippen molar-refractivity contribution in [2.75, 3.05) is 5.73 Å². The van der Waals surface area contributed by atoms with Gasteiger partial charge in [-0.1, -0.05) is 19.1 Å². The fraction of sp³-hybridized carbons (Fsp3) is 0.308. The second kappa shape index (κ2) is 5.44. The van der Waals surface area contributed by atoms with Crippen LogP contribution in [0.25, 0.3) is 11.3 Å². The number of imidazole rings is 1. The fourth-order valence-corrected chi connectivity index (χ4v) is 1.87. The van der Waals surface area contributed by atoms with Crippen LogP contribution in [0, 0.1) is 0 Å². The van der Waals surface area contributed by atoms with Crippen LogP contribution >= 0.6 is 0 Å². The molecule has 1 aromatic carbocycles. The summed E-state index contributed by atoms with van der Waals surface area (Å²) in [5, 5.41) is 0. The minimum Gasteiger partial charge on any atom is -0.406 e. The number of anilines is 1. The molecule has 20 heavy (non-hydrogen) atoms. The highest BCUT2D eigenvalue weighted by Gasteiger charge is 2.31. The van der Waals surface area contributed by atoms with Crippen LogP contribution in [-0.4, -0.2) is 15.9 Å². The van der Waals surface area contributed by atoms with Crippen molar-refractivity contribution in [3.8, 4) is 17.0 Å². The summed E-state index contributed by atoms with van der Waals surface area (Å²) in [4.78, 5) is 4.14. The third-order valence-corrected chi connectivity index (χ3v) is 2.68. The van der Waals surface area contributed by atoms with Crippen molar-refractivity contribution in [1.29, 1.82) is 0 Å². The number of aromatic nitrogens is 2. The Morgan fingerprint density at radius 3 is 2.75 bits per heavy atom. The lowest BCUT2D eigenvalue weighted by Gasteiger charge is -2.10. The molecule has 0 atom stereocenters. The molecule has 0 saturated heterocycles. The molecule has 4 nitrogen and oxygen atoms in total. The molecule has 0 aliphatic carbocycles. The molecule has 0 aliphatic heterocycles. The van der Waals surface area contributed by atoms with E-state index in [0.717, 1.165) is 6.42 Å². The molecule has 0 spiro atoms. The molecule has 0 unspecified atom stereocenters. The van der Waals surface area contributed by atoms with Crippen LogP contribution in [0.2, 0.25) is 0 Å². The SMILES string of the molecule is CCCn1cnc(-c2cccc(OC(F)(F)F)c2)c1N. The van der Waals surface area contributed by atoms with Crippen molar-refractivity contribution in [3.63, 3.8) is 0 Å². The number of rotatable bonds is 4. The lowest BCUT2D eigenvalue weighted by molar-refractivity contribution is -0.274. The molecule has 1 aromatic heterocycles. The van der Waals surface area contributed by atoms with Gasteiger partial charge in [0.15, 0.2) is 0 Å². The van der Waals surface area contributed by atoms with Crippen LogP contribution in [0.15, 0.2) is 30.6 Å². The van der Waals surface area contributed by atoms with Crippen molar-refractivity contribution >= 4 is 5.82 Å². The first kappa shape index (κ1) is 14.2. The van der Waals surface area contributed by atoms with Gasteiger partial charge in [-0.15, -0.1) is 13.2 Å². The molecule has 0 aliphatic rings. The van der Waals surface area contributed by atoms with Crippen molar-refractivity contribution in [2.45, 2.75) is 26.3 Å². The monoisotopic (exact) mass is 285 g/mol. The zero-order valence-corrected chi connectivity index (χ0v) is 10.8. The number of hydrogen-bond donors (Lipinski definition) is 1. The average Bonchev–Trinajstić information content (AvgIpc) is 2.70. The number of benzene rings is 1. The molecule has 0 fully saturated rings. The van der Waals surface area contributed by atoms with Gasteiger partial charge < -0.3 is 15.0 Å². The zero-order chi connectivity index (χ0) is 14.8. The third kappa shape index (κ3) is 3.23. The van der Waals surface area contributed by atoms with Crippen LogP contribution in [0.3, 0.4) is 0 Å². The summed E-state index contributed by atoms with van der Waals surface area (Å²) in [6.45, 7) is 2.70. The second-order valence-electron chi connectivity index (χ2n) is 4.25. The van der Waals surface area contributed by atoms with Gasteiger partial charge in [0.25, 0.3) is 0 Å². The number of aryl methyl sites for hydroxylation is 1. The molecule has 2 N–H and O–H groups in total. The van der Waals surface area contributed by atoms with E-state index in [2.05, 4.69) is 9.72 Å². The summed E-state index contributed by atoms with van der Waals surface area (Å²) in [7, 11) is 0. The van der Waals surface area contributed by atoms with Crippen LogP contribution < -0.4 is 10.5 Å². The Kier molecular flexibility index (Phi) is 3.87. The van der Waals surface area contributed by atoms with Crippen molar-refractivity contribution in [1.82, 2.24) is 9.55 Å². The molecule has 0 amide bonds. The van der Waals surface area contributed by atoms with Crippen LogP contribution in [0.5, 0.6) is 5.75 Å². The number of nitrogen functional groups attached to an aromatic ring is 1. The topological polar surface area (TPSA) is 53.1 Å². The lowest BCUT2D eigenvalue weighted by atomic mass is 10.1. The van der Waals surface area contributed by atoms with Gasteiger partial charge in [-0.25, -0.2) is 4.98 Å². The number of nitrogens with zero attached hydrogens (tertiary/aromatic N) is 2.